The lowest BCUT2D eigenvalue weighted by atomic mass is 9.95. The summed E-state index contributed by atoms with van der Waals surface area (Å²) in [7, 11) is 0. The van der Waals surface area contributed by atoms with Gasteiger partial charge >= 0.3 is 6.18 Å². The minimum absolute atomic E-state index is 0.00253. The fourth-order valence-electron chi connectivity index (χ4n) is 2.58. The summed E-state index contributed by atoms with van der Waals surface area (Å²) < 4.78 is 38.7. The van der Waals surface area contributed by atoms with Gasteiger partial charge in [0.25, 0.3) is 0 Å². The van der Waals surface area contributed by atoms with Gasteiger partial charge in [0.15, 0.2) is 0 Å². The van der Waals surface area contributed by atoms with Crippen LogP contribution in [0.5, 0.6) is 0 Å². The molecule has 0 heterocycles. The van der Waals surface area contributed by atoms with Gasteiger partial charge in [0, 0.05) is 5.92 Å². The fraction of sp³-hybridized carbons (Fsp3) is 0.556. The number of carbonyl (C=O) groups excluding carboxylic acids is 2. The zero-order valence-corrected chi connectivity index (χ0v) is 14.3. The van der Waals surface area contributed by atoms with E-state index in [1.807, 2.05) is 13.8 Å². The third kappa shape index (κ3) is 6.07. The molecule has 0 aliphatic heterocycles. The molecule has 1 aromatic rings. The second-order valence-electron chi connectivity index (χ2n) is 6.86. The van der Waals surface area contributed by atoms with Crippen LogP contribution in [0.4, 0.5) is 13.2 Å². The maximum atomic E-state index is 12.9. The van der Waals surface area contributed by atoms with Crippen LogP contribution in [0.25, 0.3) is 0 Å². The van der Waals surface area contributed by atoms with Gasteiger partial charge in [-0.15, -0.1) is 0 Å². The monoisotopic (exact) mass is 356 g/mol. The number of alkyl halides is 3. The molecule has 1 aromatic carbocycles. The zero-order valence-electron chi connectivity index (χ0n) is 14.3. The van der Waals surface area contributed by atoms with Crippen LogP contribution in [0.2, 0.25) is 0 Å². The molecule has 0 saturated heterocycles. The molecule has 0 spiro atoms. The summed E-state index contributed by atoms with van der Waals surface area (Å²) in [5, 5.41) is 5.30. The lowest BCUT2D eigenvalue weighted by Gasteiger charge is -2.22. The minimum Gasteiger partial charge on any atom is -0.348 e. The van der Waals surface area contributed by atoms with E-state index in [9.17, 15) is 22.8 Å². The van der Waals surface area contributed by atoms with E-state index >= 15 is 0 Å². The maximum Gasteiger partial charge on any atom is 0.416 e. The van der Waals surface area contributed by atoms with Gasteiger partial charge in [-0.05, 0) is 42.9 Å². The van der Waals surface area contributed by atoms with Crippen molar-refractivity contribution in [2.45, 2.75) is 45.3 Å². The molecule has 1 saturated carbocycles. The van der Waals surface area contributed by atoms with Crippen LogP contribution in [-0.2, 0) is 15.8 Å². The van der Waals surface area contributed by atoms with Gasteiger partial charge < -0.3 is 10.6 Å². The third-order valence-electron chi connectivity index (χ3n) is 4.03. The Hall–Kier alpha value is -2.05. The normalized spacial score (nSPS) is 15.8. The molecule has 0 aromatic heterocycles. The molecule has 2 rings (SSSR count). The van der Waals surface area contributed by atoms with Gasteiger partial charge in [0.05, 0.1) is 18.2 Å². The quantitative estimate of drug-likeness (QED) is 0.786. The molecule has 1 fully saturated rings. The molecule has 1 unspecified atom stereocenters. The Morgan fingerprint density at radius 3 is 2.48 bits per heavy atom. The topological polar surface area (TPSA) is 58.2 Å². The van der Waals surface area contributed by atoms with Crippen LogP contribution in [-0.4, -0.2) is 18.4 Å². The van der Waals surface area contributed by atoms with E-state index in [0.717, 1.165) is 25.0 Å². The molecule has 1 aliphatic carbocycles. The Morgan fingerprint density at radius 2 is 1.92 bits per heavy atom. The Morgan fingerprint density at radius 1 is 1.24 bits per heavy atom. The van der Waals surface area contributed by atoms with Crippen LogP contribution in [0.15, 0.2) is 24.3 Å². The summed E-state index contributed by atoms with van der Waals surface area (Å²) in [6, 6.07) is 4.45. The zero-order chi connectivity index (χ0) is 18.6. The summed E-state index contributed by atoms with van der Waals surface area (Å²) in [5.41, 5.74) is -0.333. The SMILES string of the molecule is CC(C)CC(NC(=O)CNC(=O)C1CC1)c1cccc(C(F)(F)F)c1. The van der Waals surface area contributed by atoms with Crippen molar-refractivity contribution in [3.8, 4) is 0 Å². The van der Waals surface area contributed by atoms with Crippen molar-refractivity contribution in [2.24, 2.45) is 11.8 Å². The van der Waals surface area contributed by atoms with E-state index in [2.05, 4.69) is 10.6 Å². The van der Waals surface area contributed by atoms with Crippen LogP contribution in [0.3, 0.4) is 0 Å². The van der Waals surface area contributed by atoms with Crippen molar-refractivity contribution in [3.63, 3.8) is 0 Å². The van der Waals surface area contributed by atoms with Crippen LogP contribution in [0.1, 0.15) is 50.3 Å². The van der Waals surface area contributed by atoms with Gasteiger partial charge in [0.2, 0.25) is 11.8 Å². The molecule has 25 heavy (non-hydrogen) atoms. The predicted molar refractivity (Wildman–Crippen MR) is 87.5 cm³/mol. The number of benzene rings is 1. The highest BCUT2D eigenvalue weighted by atomic mass is 19.4. The first kappa shape index (κ1) is 19.3. The Kier molecular flexibility index (Phi) is 6.08. The van der Waals surface area contributed by atoms with Crippen LogP contribution >= 0.6 is 0 Å². The van der Waals surface area contributed by atoms with Crippen molar-refractivity contribution >= 4 is 11.8 Å². The highest BCUT2D eigenvalue weighted by Gasteiger charge is 2.32. The molecular weight excluding hydrogens is 333 g/mol. The van der Waals surface area contributed by atoms with Crippen LogP contribution in [0, 0.1) is 11.8 Å². The summed E-state index contributed by atoms with van der Waals surface area (Å²) in [5.74, 6) is -0.365. The van der Waals surface area contributed by atoms with Crippen molar-refractivity contribution in [2.75, 3.05) is 6.54 Å². The molecule has 0 radical (unpaired) electrons. The van der Waals surface area contributed by atoms with Gasteiger partial charge in [-0.2, -0.15) is 13.2 Å². The lowest BCUT2D eigenvalue weighted by molar-refractivity contribution is -0.137. The van der Waals surface area contributed by atoms with Crippen molar-refractivity contribution < 1.29 is 22.8 Å². The van der Waals surface area contributed by atoms with Crippen molar-refractivity contribution in [1.29, 1.82) is 0 Å². The Balaban J connectivity index is 2.04. The Bertz CT molecular complexity index is 625. The maximum absolute atomic E-state index is 12.9. The first-order chi connectivity index (χ1) is 11.7. The van der Waals surface area contributed by atoms with E-state index in [1.165, 1.54) is 6.07 Å². The summed E-state index contributed by atoms with van der Waals surface area (Å²) >= 11 is 0. The molecule has 7 heteroatoms. The molecule has 0 bridgehead atoms. The van der Waals surface area contributed by atoms with E-state index in [-0.39, 0.29) is 24.3 Å². The number of carbonyl (C=O) groups is 2. The van der Waals surface area contributed by atoms with Gasteiger partial charge in [-0.1, -0.05) is 26.0 Å². The second-order valence-corrected chi connectivity index (χ2v) is 6.86. The average Bonchev–Trinajstić information content (AvgIpc) is 3.36. The highest BCUT2D eigenvalue weighted by molar-refractivity contribution is 5.87. The van der Waals surface area contributed by atoms with Crippen molar-refractivity contribution in [1.82, 2.24) is 10.6 Å². The fourth-order valence-corrected chi connectivity index (χ4v) is 2.58. The number of amides is 2. The number of halogens is 3. The summed E-state index contributed by atoms with van der Waals surface area (Å²) in [6.45, 7) is 3.70. The van der Waals surface area contributed by atoms with E-state index in [4.69, 9.17) is 0 Å². The van der Waals surface area contributed by atoms with E-state index in [1.54, 1.807) is 6.07 Å². The summed E-state index contributed by atoms with van der Waals surface area (Å²) in [4.78, 5) is 23.7. The van der Waals surface area contributed by atoms with Crippen LogP contribution < -0.4 is 10.6 Å². The molecule has 138 valence electrons. The number of nitrogens with one attached hydrogen (secondary N) is 2. The first-order valence-corrected chi connectivity index (χ1v) is 8.41. The minimum atomic E-state index is -4.43. The highest BCUT2D eigenvalue weighted by Crippen LogP contribution is 2.32. The summed E-state index contributed by atoms with van der Waals surface area (Å²) in [6.07, 6.45) is -2.24. The van der Waals surface area contributed by atoms with E-state index < -0.39 is 23.7 Å². The van der Waals surface area contributed by atoms with E-state index in [0.29, 0.717) is 12.0 Å². The number of rotatable bonds is 7. The molecular formula is C18H23F3N2O2. The standard InChI is InChI=1S/C18H23F3N2O2/c1-11(2)8-15(13-4-3-5-14(9-13)18(19,20)21)23-16(24)10-22-17(25)12-6-7-12/h3-5,9,11-12,15H,6-8,10H2,1-2H3,(H,22,25)(H,23,24). The first-order valence-electron chi connectivity index (χ1n) is 8.41. The molecule has 4 nitrogen and oxygen atoms in total. The van der Waals surface area contributed by atoms with Gasteiger partial charge in [0.1, 0.15) is 0 Å². The lowest BCUT2D eigenvalue weighted by Crippen LogP contribution is -2.39. The molecule has 2 amide bonds. The average molecular weight is 356 g/mol. The smallest absolute Gasteiger partial charge is 0.348 e. The van der Waals surface area contributed by atoms with Gasteiger partial charge in [-0.25, -0.2) is 0 Å². The third-order valence-corrected chi connectivity index (χ3v) is 4.03. The molecule has 1 atom stereocenters. The molecule has 2 N–H and O–H groups in total. The second kappa shape index (κ2) is 7.89. The number of hydrogen-bond acceptors (Lipinski definition) is 2. The number of hydrogen-bond donors (Lipinski definition) is 2. The Labute approximate surface area is 145 Å². The largest absolute Gasteiger partial charge is 0.416 e. The van der Waals surface area contributed by atoms with Gasteiger partial charge in [-0.3, -0.25) is 9.59 Å². The predicted octanol–water partition coefficient (Wildman–Crippen LogP) is 3.44. The van der Waals surface area contributed by atoms with Crippen molar-refractivity contribution in [3.05, 3.63) is 35.4 Å². The molecule has 1 aliphatic rings.